The number of amides is 1. The van der Waals surface area contributed by atoms with Crippen LogP contribution in [-0.2, 0) is 4.79 Å². The van der Waals surface area contributed by atoms with Gasteiger partial charge in [-0.05, 0) is 50.2 Å². The number of benzene rings is 2. The Hall–Kier alpha value is -2.80. The first-order valence-corrected chi connectivity index (χ1v) is 9.51. The number of carbonyl (C=O) groups is 1. The molecule has 2 aromatic carbocycles. The minimum Gasteiger partial charge on any atom is -0.411 e. The first-order chi connectivity index (χ1) is 12.9. The summed E-state index contributed by atoms with van der Waals surface area (Å²) in [7, 11) is 3.95. The summed E-state index contributed by atoms with van der Waals surface area (Å²) >= 11 is 1.22. The summed E-state index contributed by atoms with van der Waals surface area (Å²) in [6, 6.07) is 13.8. The fraction of sp³-hybridized carbons (Fsp3) is 0.250. The van der Waals surface area contributed by atoms with E-state index in [4.69, 9.17) is 4.42 Å². The third kappa shape index (κ3) is 5.10. The molecule has 1 amide bonds. The number of anilines is 2. The summed E-state index contributed by atoms with van der Waals surface area (Å²) in [5.74, 6) is 0.539. The van der Waals surface area contributed by atoms with Crippen molar-refractivity contribution >= 4 is 29.0 Å². The van der Waals surface area contributed by atoms with Crippen molar-refractivity contribution in [1.82, 2.24) is 10.2 Å². The Kier molecular flexibility index (Phi) is 5.81. The van der Waals surface area contributed by atoms with E-state index in [1.54, 1.807) is 0 Å². The number of rotatable bonds is 6. The zero-order chi connectivity index (χ0) is 19.4. The second-order valence-corrected chi connectivity index (χ2v) is 7.45. The molecular formula is C20H22N4O2S. The maximum atomic E-state index is 12.1. The van der Waals surface area contributed by atoms with Crippen LogP contribution in [0.3, 0.4) is 0 Å². The predicted molar refractivity (Wildman–Crippen MR) is 109 cm³/mol. The Morgan fingerprint density at radius 1 is 1.07 bits per heavy atom. The van der Waals surface area contributed by atoms with Crippen molar-refractivity contribution < 1.29 is 9.21 Å². The average molecular weight is 382 g/mol. The third-order valence-corrected chi connectivity index (χ3v) is 4.69. The molecule has 0 bridgehead atoms. The van der Waals surface area contributed by atoms with Crippen LogP contribution in [0.15, 0.2) is 52.1 Å². The molecule has 3 aromatic rings. The number of aromatic nitrogens is 2. The standard InChI is InChI=1S/C20H22N4O2S/c1-13-9-14(2)11-15(10-13)19-22-23-20(26-19)27-12-18(25)21-16-5-7-17(8-6-16)24(3)4/h5-11H,12H2,1-4H3,(H,21,25). The summed E-state index contributed by atoms with van der Waals surface area (Å²) in [6.07, 6.45) is 0. The van der Waals surface area contributed by atoms with Crippen LogP contribution in [-0.4, -0.2) is 36.0 Å². The van der Waals surface area contributed by atoms with Crippen LogP contribution in [0.2, 0.25) is 0 Å². The van der Waals surface area contributed by atoms with Crippen LogP contribution in [0.5, 0.6) is 0 Å². The van der Waals surface area contributed by atoms with Crippen LogP contribution in [0.4, 0.5) is 11.4 Å². The van der Waals surface area contributed by atoms with Crippen molar-refractivity contribution in [2.75, 3.05) is 30.1 Å². The minimum atomic E-state index is -0.122. The van der Waals surface area contributed by atoms with Gasteiger partial charge in [0.15, 0.2) is 0 Å². The Bertz CT molecular complexity index is 915. The number of thioether (sulfide) groups is 1. The van der Waals surface area contributed by atoms with Crippen LogP contribution in [0.25, 0.3) is 11.5 Å². The monoisotopic (exact) mass is 382 g/mol. The van der Waals surface area contributed by atoms with Crippen LogP contribution in [0.1, 0.15) is 11.1 Å². The van der Waals surface area contributed by atoms with Crippen LogP contribution in [0, 0.1) is 13.8 Å². The molecule has 0 radical (unpaired) electrons. The smallest absolute Gasteiger partial charge is 0.277 e. The van der Waals surface area contributed by atoms with E-state index in [2.05, 4.69) is 21.6 Å². The Labute approximate surface area is 163 Å². The van der Waals surface area contributed by atoms with Gasteiger partial charge in [0, 0.05) is 31.0 Å². The average Bonchev–Trinajstić information content (AvgIpc) is 3.09. The van der Waals surface area contributed by atoms with Gasteiger partial charge in [-0.3, -0.25) is 4.79 Å². The van der Waals surface area contributed by atoms with E-state index < -0.39 is 0 Å². The molecule has 7 heteroatoms. The van der Waals surface area contributed by atoms with Gasteiger partial charge < -0.3 is 14.6 Å². The molecule has 0 unspecified atom stereocenters. The van der Waals surface area contributed by atoms with Crippen molar-refractivity contribution in [3.63, 3.8) is 0 Å². The number of hydrogen-bond acceptors (Lipinski definition) is 6. The molecule has 0 aliphatic carbocycles. The van der Waals surface area contributed by atoms with Gasteiger partial charge in [-0.15, -0.1) is 10.2 Å². The summed E-state index contributed by atoms with van der Waals surface area (Å²) < 4.78 is 5.68. The predicted octanol–water partition coefficient (Wildman–Crippen LogP) is 4.15. The lowest BCUT2D eigenvalue weighted by molar-refractivity contribution is -0.113. The molecule has 1 N–H and O–H groups in total. The van der Waals surface area contributed by atoms with Crippen molar-refractivity contribution in [3.8, 4) is 11.5 Å². The third-order valence-electron chi connectivity index (χ3n) is 3.87. The quantitative estimate of drug-likeness (QED) is 0.646. The van der Waals surface area contributed by atoms with Crippen molar-refractivity contribution in [1.29, 1.82) is 0 Å². The van der Waals surface area contributed by atoms with Crippen molar-refractivity contribution in [3.05, 3.63) is 53.6 Å². The van der Waals surface area contributed by atoms with Gasteiger partial charge in [0.25, 0.3) is 5.22 Å². The first kappa shape index (κ1) is 19.0. The maximum absolute atomic E-state index is 12.1. The van der Waals surface area contributed by atoms with E-state index >= 15 is 0 Å². The normalized spacial score (nSPS) is 10.7. The summed E-state index contributed by atoms with van der Waals surface area (Å²) in [5, 5.41) is 11.3. The molecule has 140 valence electrons. The Morgan fingerprint density at radius 2 is 1.74 bits per heavy atom. The van der Waals surface area contributed by atoms with E-state index in [-0.39, 0.29) is 11.7 Å². The highest BCUT2D eigenvalue weighted by molar-refractivity contribution is 7.99. The lowest BCUT2D eigenvalue weighted by Gasteiger charge is -2.12. The molecule has 0 saturated heterocycles. The fourth-order valence-corrected chi connectivity index (χ4v) is 3.21. The van der Waals surface area contributed by atoms with E-state index in [0.29, 0.717) is 11.1 Å². The van der Waals surface area contributed by atoms with Crippen LogP contribution < -0.4 is 10.2 Å². The molecule has 0 aliphatic rings. The van der Waals surface area contributed by atoms with E-state index in [9.17, 15) is 4.79 Å². The summed E-state index contributed by atoms with van der Waals surface area (Å²) in [5.41, 5.74) is 4.99. The number of nitrogens with zero attached hydrogens (tertiary/aromatic N) is 3. The largest absolute Gasteiger partial charge is 0.411 e. The van der Waals surface area contributed by atoms with Gasteiger partial charge in [0.1, 0.15) is 0 Å². The molecule has 27 heavy (non-hydrogen) atoms. The minimum absolute atomic E-state index is 0.122. The SMILES string of the molecule is Cc1cc(C)cc(-c2nnc(SCC(=O)Nc3ccc(N(C)C)cc3)o2)c1. The summed E-state index contributed by atoms with van der Waals surface area (Å²) in [4.78, 5) is 14.1. The number of nitrogens with one attached hydrogen (secondary N) is 1. The highest BCUT2D eigenvalue weighted by Crippen LogP contribution is 2.25. The Balaban J connectivity index is 1.57. The zero-order valence-electron chi connectivity index (χ0n) is 15.8. The molecule has 3 rings (SSSR count). The second-order valence-electron chi connectivity index (χ2n) is 6.53. The number of hydrogen-bond donors (Lipinski definition) is 1. The summed E-state index contributed by atoms with van der Waals surface area (Å²) in [6.45, 7) is 4.05. The van der Waals surface area contributed by atoms with Gasteiger partial charge >= 0.3 is 0 Å². The molecule has 0 spiro atoms. The van der Waals surface area contributed by atoms with Gasteiger partial charge in [0.2, 0.25) is 11.8 Å². The van der Waals surface area contributed by atoms with Crippen LogP contribution >= 0.6 is 11.8 Å². The van der Waals surface area contributed by atoms with Crippen molar-refractivity contribution in [2.24, 2.45) is 0 Å². The van der Waals surface area contributed by atoms with E-state index in [1.807, 2.05) is 69.2 Å². The topological polar surface area (TPSA) is 71.3 Å². The molecule has 0 atom stereocenters. The zero-order valence-corrected chi connectivity index (χ0v) is 16.6. The molecule has 1 aromatic heterocycles. The van der Waals surface area contributed by atoms with Gasteiger partial charge in [-0.1, -0.05) is 29.0 Å². The molecule has 1 heterocycles. The molecule has 6 nitrogen and oxygen atoms in total. The molecular weight excluding hydrogens is 360 g/mol. The first-order valence-electron chi connectivity index (χ1n) is 8.53. The maximum Gasteiger partial charge on any atom is 0.277 e. The highest BCUT2D eigenvalue weighted by atomic mass is 32.2. The number of aryl methyl sites for hydroxylation is 2. The lowest BCUT2D eigenvalue weighted by Crippen LogP contribution is -2.14. The Morgan fingerprint density at radius 3 is 2.37 bits per heavy atom. The fourth-order valence-electron chi connectivity index (χ4n) is 2.65. The number of carbonyl (C=O) groups excluding carboxylic acids is 1. The van der Waals surface area contributed by atoms with E-state index in [1.165, 1.54) is 11.8 Å². The van der Waals surface area contributed by atoms with E-state index in [0.717, 1.165) is 28.1 Å². The van der Waals surface area contributed by atoms with Crippen molar-refractivity contribution in [2.45, 2.75) is 19.1 Å². The lowest BCUT2D eigenvalue weighted by atomic mass is 10.1. The van der Waals surface area contributed by atoms with Gasteiger partial charge in [-0.2, -0.15) is 0 Å². The van der Waals surface area contributed by atoms with Gasteiger partial charge in [-0.25, -0.2) is 0 Å². The molecule has 0 aliphatic heterocycles. The highest BCUT2D eigenvalue weighted by Gasteiger charge is 2.12. The molecule has 0 saturated carbocycles. The second kappa shape index (κ2) is 8.26. The van der Waals surface area contributed by atoms with Gasteiger partial charge in [0.05, 0.1) is 5.75 Å². The molecule has 0 fully saturated rings.